The lowest BCUT2D eigenvalue weighted by molar-refractivity contribution is -0.120. The lowest BCUT2D eigenvalue weighted by atomic mass is 10.1. The number of nitrogens with one attached hydrogen (secondary N) is 1. The molecule has 0 saturated carbocycles. The topological polar surface area (TPSA) is 55.1 Å². The van der Waals surface area contributed by atoms with Crippen molar-refractivity contribution >= 4 is 35.8 Å². The van der Waals surface area contributed by atoms with Gasteiger partial charge in [-0.15, -0.1) is 24.2 Å². The minimum atomic E-state index is 0. The molecule has 1 rings (SSSR count). The van der Waals surface area contributed by atoms with E-state index in [1.54, 1.807) is 11.8 Å². The van der Waals surface area contributed by atoms with Crippen LogP contribution >= 0.6 is 24.2 Å². The molecule has 0 aromatic heterocycles. The molecular weight excluding hydrogens is 292 g/mol. The molecule has 0 aliphatic heterocycles. The number of halogens is 1. The van der Waals surface area contributed by atoms with Crippen LogP contribution in [0.4, 0.5) is 5.69 Å². The molecule has 1 atom stereocenters. The molecule has 0 radical (unpaired) electrons. The third-order valence-corrected chi connectivity index (χ3v) is 4.17. The third-order valence-electron chi connectivity index (χ3n) is 2.93. The molecule has 1 amide bonds. The van der Waals surface area contributed by atoms with E-state index in [0.29, 0.717) is 6.54 Å². The minimum absolute atomic E-state index is 0. The van der Waals surface area contributed by atoms with Gasteiger partial charge in [0.15, 0.2) is 0 Å². The van der Waals surface area contributed by atoms with Crippen molar-refractivity contribution < 1.29 is 4.79 Å². The molecule has 0 spiro atoms. The average Bonchev–Trinajstić information content (AvgIpc) is 2.41. The van der Waals surface area contributed by atoms with Crippen molar-refractivity contribution in [3.05, 3.63) is 29.8 Å². The van der Waals surface area contributed by atoms with Gasteiger partial charge >= 0.3 is 0 Å². The van der Waals surface area contributed by atoms with Crippen LogP contribution in [-0.2, 0) is 11.2 Å². The van der Waals surface area contributed by atoms with Gasteiger partial charge in [-0.3, -0.25) is 4.79 Å². The number of carbonyl (C=O) groups is 1. The van der Waals surface area contributed by atoms with Gasteiger partial charge in [0.2, 0.25) is 5.91 Å². The van der Waals surface area contributed by atoms with E-state index in [9.17, 15) is 4.79 Å². The van der Waals surface area contributed by atoms with Crippen LogP contribution in [0.1, 0.15) is 32.3 Å². The van der Waals surface area contributed by atoms with E-state index in [4.69, 9.17) is 5.73 Å². The molecule has 0 bridgehead atoms. The van der Waals surface area contributed by atoms with Crippen LogP contribution in [0.3, 0.4) is 0 Å². The molecule has 3 N–H and O–H groups in total. The molecule has 1 unspecified atom stereocenters. The zero-order valence-corrected chi connectivity index (χ0v) is 13.9. The van der Waals surface area contributed by atoms with E-state index in [-0.39, 0.29) is 23.6 Å². The first-order valence-electron chi connectivity index (χ1n) is 6.87. The highest BCUT2D eigenvalue weighted by Gasteiger charge is 2.11. The Balaban J connectivity index is 0.00000361. The fourth-order valence-corrected chi connectivity index (χ4v) is 2.68. The number of carbonyl (C=O) groups excluding carboxylic acids is 1. The highest BCUT2D eigenvalue weighted by atomic mass is 35.5. The van der Waals surface area contributed by atoms with Crippen LogP contribution in [0.25, 0.3) is 0 Å². The number of unbranched alkanes of at least 4 members (excludes halogenated alkanes) is 1. The normalized spacial score (nSPS) is 11.5. The fraction of sp³-hybridized carbons (Fsp3) is 0.533. The molecule has 20 heavy (non-hydrogen) atoms. The van der Waals surface area contributed by atoms with Gasteiger partial charge in [-0.05, 0) is 43.2 Å². The van der Waals surface area contributed by atoms with Gasteiger partial charge < -0.3 is 11.1 Å². The van der Waals surface area contributed by atoms with Gasteiger partial charge in [0.25, 0.3) is 0 Å². The number of anilines is 1. The summed E-state index contributed by atoms with van der Waals surface area (Å²) in [4.78, 5) is 11.8. The van der Waals surface area contributed by atoms with E-state index in [1.165, 1.54) is 18.4 Å². The standard InChI is InChI=1S/C15H24N2OS.ClH/c1-3-4-11-19-12(2)15(18)17-10-9-13-5-7-14(16)8-6-13;/h5-8,12H,3-4,9-11,16H2,1-2H3,(H,17,18);1H. The quantitative estimate of drug-likeness (QED) is 0.571. The fourth-order valence-electron chi connectivity index (χ4n) is 1.64. The van der Waals surface area contributed by atoms with Crippen LogP contribution in [-0.4, -0.2) is 23.5 Å². The van der Waals surface area contributed by atoms with Crippen LogP contribution in [0, 0.1) is 0 Å². The van der Waals surface area contributed by atoms with Crippen molar-refractivity contribution in [2.75, 3.05) is 18.0 Å². The second-order valence-corrected chi connectivity index (χ2v) is 6.10. The maximum Gasteiger partial charge on any atom is 0.232 e. The molecular formula is C15H25ClN2OS. The van der Waals surface area contributed by atoms with Crippen molar-refractivity contribution in [3.8, 4) is 0 Å². The van der Waals surface area contributed by atoms with Gasteiger partial charge in [-0.1, -0.05) is 25.5 Å². The summed E-state index contributed by atoms with van der Waals surface area (Å²) in [5.74, 6) is 1.19. The Morgan fingerprint density at radius 3 is 2.60 bits per heavy atom. The zero-order chi connectivity index (χ0) is 14.1. The lowest BCUT2D eigenvalue weighted by Gasteiger charge is -2.11. The number of thioether (sulfide) groups is 1. The largest absolute Gasteiger partial charge is 0.399 e. The molecule has 1 aromatic carbocycles. The molecule has 5 heteroatoms. The second kappa shape index (κ2) is 10.9. The molecule has 0 heterocycles. The number of hydrogen-bond acceptors (Lipinski definition) is 3. The molecule has 114 valence electrons. The molecule has 1 aromatic rings. The van der Waals surface area contributed by atoms with Gasteiger partial charge in [0, 0.05) is 12.2 Å². The number of amides is 1. The van der Waals surface area contributed by atoms with Gasteiger partial charge in [0.1, 0.15) is 0 Å². The van der Waals surface area contributed by atoms with Gasteiger partial charge in [-0.25, -0.2) is 0 Å². The highest BCUT2D eigenvalue weighted by molar-refractivity contribution is 8.00. The summed E-state index contributed by atoms with van der Waals surface area (Å²) in [6.07, 6.45) is 3.20. The van der Waals surface area contributed by atoms with E-state index < -0.39 is 0 Å². The summed E-state index contributed by atoms with van der Waals surface area (Å²) < 4.78 is 0. The Bertz CT molecular complexity index is 384. The van der Waals surface area contributed by atoms with Crippen molar-refractivity contribution in [2.24, 2.45) is 0 Å². The summed E-state index contributed by atoms with van der Waals surface area (Å²) in [5.41, 5.74) is 7.60. The van der Waals surface area contributed by atoms with Crippen molar-refractivity contribution in [1.29, 1.82) is 0 Å². The highest BCUT2D eigenvalue weighted by Crippen LogP contribution is 2.12. The first-order valence-corrected chi connectivity index (χ1v) is 7.92. The maximum atomic E-state index is 11.8. The number of nitrogens with two attached hydrogens (primary N) is 1. The van der Waals surface area contributed by atoms with Crippen molar-refractivity contribution in [3.63, 3.8) is 0 Å². The Morgan fingerprint density at radius 2 is 2.00 bits per heavy atom. The van der Waals surface area contributed by atoms with Gasteiger partial charge in [-0.2, -0.15) is 0 Å². The molecule has 0 saturated heterocycles. The monoisotopic (exact) mass is 316 g/mol. The molecule has 0 aliphatic carbocycles. The average molecular weight is 317 g/mol. The van der Waals surface area contributed by atoms with E-state index in [2.05, 4.69) is 12.2 Å². The maximum absolute atomic E-state index is 11.8. The van der Waals surface area contributed by atoms with Crippen molar-refractivity contribution in [2.45, 2.75) is 38.4 Å². The number of nitrogen functional groups attached to an aromatic ring is 1. The number of hydrogen-bond donors (Lipinski definition) is 2. The predicted molar refractivity (Wildman–Crippen MR) is 91.6 cm³/mol. The Hall–Kier alpha value is -0.870. The first-order chi connectivity index (χ1) is 9.13. The lowest BCUT2D eigenvalue weighted by Crippen LogP contribution is -2.32. The Labute approximate surface area is 132 Å². The van der Waals surface area contributed by atoms with E-state index in [1.807, 2.05) is 31.2 Å². The second-order valence-electron chi connectivity index (χ2n) is 4.65. The number of benzene rings is 1. The Kier molecular flexibility index (Phi) is 10.4. The summed E-state index contributed by atoms with van der Waals surface area (Å²) in [7, 11) is 0. The summed E-state index contributed by atoms with van der Waals surface area (Å²) in [6, 6.07) is 7.78. The Morgan fingerprint density at radius 1 is 1.35 bits per heavy atom. The van der Waals surface area contributed by atoms with Crippen LogP contribution in [0.2, 0.25) is 0 Å². The summed E-state index contributed by atoms with van der Waals surface area (Å²) in [5, 5.41) is 3.02. The van der Waals surface area contributed by atoms with E-state index in [0.717, 1.165) is 17.9 Å². The summed E-state index contributed by atoms with van der Waals surface area (Å²) in [6.45, 7) is 4.82. The molecule has 0 aliphatic rings. The smallest absolute Gasteiger partial charge is 0.232 e. The summed E-state index contributed by atoms with van der Waals surface area (Å²) >= 11 is 1.73. The number of rotatable bonds is 8. The van der Waals surface area contributed by atoms with Crippen LogP contribution in [0.15, 0.2) is 24.3 Å². The van der Waals surface area contributed by atoms with Gasteiger partial charge in [0.05, 0.1) is 5.25 Å². The molecule has 3 nitrogen and oxygen atoms in total. The van der Waals surface area contributed by atoms with Crippen molar-refractivity contribution in [1.82, 2.24) is 5.32 Å². The van der Waals surface area contributed by atoms with E-state index >= 15 is 0 Å². The SMILES string of the molecule is CCCCSC(C)C(=O)NCCc1ccc(N)cc1.Cl. The molecule has 0 fully saturated rings. The van der Waals surface area contributed by atoms with Crippen LogP contribution < -0.4 is 11.1 Å². The van der Waals surface area contributed by atoms with Crippen LogP contribution in [0.5, 0.6) is 0 Å². The predicted octanol–water partition coefficient (Wildman–Crippen LogP) is 3.27. The minimum Gasteiger partial charge on any atom is -0.399 e. The first kappa shape index (κ1) is 19.1. The zero-order valence-electron chi connectivity index (χ0n) is 12.2. The third kappa shape index (κ3) is 7.65.